The third kappa shape index (κ3) is 5.14. The van der Waals surface area contributed by atoms with E-state index >= 15 is 0 Å². The number of carbonyl (C=O) groups is 1. The number of aliphatic carboxylic acids is 1. The largest absolute Gasteiger partial charge is 0.504 e. The lowest BCUT2D eigenvalue weighted by Gasteiger charge is -2.10. The second-order valence-corrected chi connectivity index (χ2v) is 5.63. The number of hydrogen-bond acceptors (Lipinski definition) is 6. The van der Waals surface area contributed by atoms with Gasteiger partial charge in [0, 0.05) is 0 Å². The van der Waals surface area contributed by atoms with E-state index in [1.807, 2.05) is 0 Å². The molecule has 0 spiro atoms. The number of carboxylic acids is 1. The zero-order chi connectivity index (χ0) is 18.2. The fourth-order valence-corrected chi connectivity index (χ4v) is 2.32. The monoisotopic (exact) mass is 350 g/mol. The minimum Gasteiger partial charge on any atom is -0.504 e. The Balaban J connectivity index is 2.16. The molecule has 1 heterocycles. The van der Waals surface area contributed by atoms with Crippen LogP contribution in [0.2, 0.25) is 0 Å². The van der Waals surface area contributed by atoms with Crippen molar-refractivity contribution in [3.05, 3.63) is 28.6 Å². The molecule has 2 aromatic rings. The summed E-state index contributed by atoms with van der Waals surface area (Å²) in [5.74, 6) is -1.11. The summed E-state index contributed by atoms with van der Waals surface area (Å²) < 4.78 is 15.9. The second kappa shape index (κ2) is 8.96. The van der Waals surface area contributed by atoms with Crippen LogP contribution >= 0.6 is 0 Å². The Bertz CT molecular complexity index is 779. The van der Waals surface area contributed by atoms with Gasteiger partial charge in [0.05, 0.1) is 25.0 Å². The van der Waals surface area contributed by atoms with Crippen LogP contribution in [0.15, 0.2) is 27.4 Å². The first-order valence-corrected chi connectivity index (χ1v) is 8.30. The van der Waals surface area contributed by atoms with Crippen molar-refractivity contribution in [2.75, 3.05) is 13.2 Å². The highest BCUT2D eigenvalue weighted by Gasteiger charge is 2.16. The van der Waals surface area contributed by atoms with E-state index in [0.717, 1.165) is 25.7 Å². The topological polar surface area (TPSA) is 106 Å². The van der Waals surface area contributed by atoms with E-state index in [1.165, 1.54) is 18.2 Å². The van der Waals surface area contributed by atoms with Crippen LogP contribution in [0, 0.1) is 0 Å². The molecule has 0 fully saturated rings. The fraction of sp³-hybridized carbons (Fsp3) is 0.444. The molecule has 136 valence electrons. The van der Waals surface area contributed by atoms with Gasteiger partial charge in [0.15, 0.2) is 5.75 Å². The number of unbranched alkanes of at least 4 members (excludes halogenated alkanes) is 3. The quantitative estimate of drug-likeness (QED) is 0.500. The van der Waals surface area contributed by atoms with E-state index in [-0.39, 0.29) is 35.5 Å². The number of aromatic hydroxyl groups is 1. The van der Waals surface area contributed by atoms with Crippen LogP contribution in [0.5, 0.6) is 17.2 Å². The van der Waals surface area contributed by atoms with E-state index < -0.39 is 11.6 Å². The van der Waals surface area contributed by atoms with Crippen molar-refractivity contribution < 1.29 is 28.9 Å². The van der Waals surface area contributed by atoms with Gasteiger partial charge in [-0.1, -0.05) is 26.2 Å². The average Bonchev–Trinajstić information content (AvgIpc) is 2.57. The van der Waals surface area contributed by atoms with Gasteiger partial charge in [-0.25, -0.2) is 4.79 Å². The molecule has 0 amide bonds. The molecule has 0 atom stereocenters. The number of fused-ring (bicyclic) bond motifs is 1. The zero-order valence-corrected chi connectivity index (χ0v) is 14.1. The highest BCUT2D eigenvalue weighted by Crippen LogP contribution is 2.33. The molecule has 0 radical (unpaired) electrons. The predicted molar refractivity (Wildman–Crippen MR) is 91.5 cm³/mol. The normalized spacial score (nSPS) is 10.8. The summed E-state index contributed by atoms with van der Waals surface area (Å²) in [6.45, 7) is 2.42. The van der Waals surface area contributed by atoms with Crippen molar-refractivity contribution in [1.82, 2.24) is 0 Å². The lowest BCUT2D eigenvalue weighted by atomic mass is 10.2. The van der Waals surface area contributed by atoms with Crippen LogP contribution in [0.3, 0.4) is 0 Å². The average molecular weight is 350 g/mol. The maximum atomic E-state index is 12.0. The smallest absolute Gasteiger partial charge is 0.383 e. The Morgan fingerprint density at radius 3 is 2.68 bits per heavy atom. The van der Waals surface area contributed by atoms with Gasteiger partial charge >= 0.3 is 11.6 Å². The Labute approximate surface area is 144 Å². The molecule has 1 aromatic carbocycles. The van der Waals surface area contributed by atoms with E-state index in [0.29, 0.717) is 12.4 Å². The maximum absolute atomic E-state index is 12.0. The van der Waals surface area contributed by atoms with E-state index in [2.05, 4.69) is 6.92 Å². The maximum Gasteiger partial charge on any atom is 0.383 e. The van der Waals surface area contributed by atoms with Gasteiger partial charge in [-0.15, -0.1) is 0 Å². The molecule has 0 saturated heterocycles. The zero-order valence-electron chi connectivity index (χ0n) is 14.1. The van der Waals surface area contributed by atoms with Gasteiger partial charge in [0.25, 0.3) is 0 Å². The first kappa shape index (κ1) is 18.6. The molecule has 2 N–H and O–H groups in total. The number of hydrogen-bond donors (Lipinski definition) is 2. The molecule has 0 bridgehead atoms. The molecule has 0 aliphatic rings. The molecule has 7 nitrogen and oxygen atoms in total. The summed E-state index contributed by atoms with van der Waals surface area (Å²) in [6, 6.07) is 4.51. The summed E-state index contributed by atoms with van der Waals surface area (Å²) in [7, 11) is 0. The standard InChI is InChI=1S/C18H22O7/c1-2-3-4-5-9-24-17-16(21)13-11-12(23-10-8-15(19)20)6-7-14(13)25-18(17)22/h6-7,11,21H,2-5,8-10H2,1H3,(H,19,20). The van der Waals surface area contributed by atoms with Crippen molar-refractivity contribution in [2.45, 2.75) is 39.0 Å². The number of carboxylic acid groups (broad SMARTS) is 1. The fourth-order valence-electron chi connectivity index (χ4n) is 2.32. The van der Waals surface area contributed by atoms with Gasteiger partial charge in [0.2, 0.25) is 5.75 Å². The molecule has 2 rings (SSSR count). The van der Waals surface area contributed by atoms with Gasteiger partial charge in [-0.2, -0.15) is 0 Å². The molecule has 0 aliphatic carbocycles. The Hall–Kier alpha value is -2.70. The second-order valence-electron chi connectivity index (χ2n) is 5.63. The Morgan fingerprint density at radius 2 is 1.96 bits per heavy atom. The van der Waals surface area contributed by atoms with E-state index in [9.17, 15) is 14.7 Å². The first-order valence-electron chi connectivity index (χ1n) is 8.30. The Kier molecular flexibility index (Phi) is 6.68. The molecule has 0 saturated carbocycles. The summed E-state index contributed by atoms with van der Waals surface area (Å²) >= 11 is 0. The summed E-state index contributed by atoms with van der Waals surface area (Å²) in [5, 5.41) is 19.2. The van der Waals surface area contributed by atoms with E-state index in [4.69, 9.17) is 19.0 Å². The summed E-state index contributed by atoms with van der Waals surface area (Å²) in [4.78, 5) is 22.5. The summed E-state index contributed by atoms with van der Waals surface area (Å²) in [6.07, 6.45) is 3.80. The van der Waals surface area contributed by atoms with Gasteiger partial charge in [-0.3, -0.25) is 4.79 Å². The number of benzene rings is 1. The van der Waals surface area contributed by atoms with Crippen LogP contribution in [0.1, 0.15) is 39.0 Å². The third-order valence-corrected chi connectivity index (χ3v) is 3.64. The minimum absolute atomic E-state index is 0.000824. The number of ether oxygens (including phenoxy) is 2. The van der Waals surface area contributed by atoms with Crippen LogP contribution in [0.4, 0.5) is 0 Å². The van der Waals surface area contributed by atoms with Gasteiger partial charge < -0.3 is 24.1 Å². The molecule has 0 unspecified atom stereocenters. The van der Waals surface area contributed by atoms with Crippen molar-refractivity contribution in [3.63, 3.8) is 0 Å². The highest BCUT2D eigenvalue weighted by molar-refractivity contribution is 5.86. The third-order valence-electron chi connectivity index (χ3n) is 3.64. The van der Waals surface area contributed by atoms with Crippen molar-refractivity contribution in [3.8, 4) is 17.2 Å². The van der Waals surface area contributed by atoms with E-state index in [1.54, 1.807) is 0 Å². The van der Waals surface area contributed by atoms with Crippen LogP contribution in [0.25, 0.3) is 11.0 Å². The van der Waals surface area contributed by atoms with Gasteiger partial charge in [-0.05, 0) is 24.6 Å². The summed E-state index contributed by atoms with van der Waals surface area (Å²) in [5.41, 5.74) is -0.536. The molecular formula is C18H22O7. The molecule has 7 heteroatoms. The molecule has 1 aromatic heterocycles. The molecular weight excluding hydrogens is 328 g/mol. The number of rotatable bonds is 10. The predicted octanol–water partition coefficient (Wildman–Crippen LogP) is 3.31. The molecule has 0 aliphatic heterocycles. The SMILES string of the molecule is CCCCCCOc1c(O)c2cc(OCCC(=O)O)ccc2oc1=O. The van der Waals surface area contributed by atoms with Crippen LogP contribution < -0.4 is 15.1 Å². The first-order chi connectivity index (χ1) is 12.0. The van der Waals surface area contributed by atoms with Crippen LogP contribution in [-0.4, -0.2) is 29.4 Å². The van der Waals surface area contributed by atoms with Gasteiger partial charge in [0.1, 0.15) is 11.3 Å². The highest BCUT2D eigenvalue weighted by atomic mass is 16.5. The lowest BCUT2D eigenvalue weighted by Crippen LogP contribution is -2.09. The van der Waals surface area contributed by atoms with Crippen molar-refractivity contribution in [1.29, 1.82) is 0 Å². The molecule has 25 heavy (non-hydrogen) atoms. The lowest BCUT2D eigenvalue weighted by molar-refractivity contribution is -0.137. The van der Waals surface area contributed by atoms with Crippen molar-refractivity contribution >= 4 is 16.9 Å². The Morgan fingerprint density at radius 1 is 1.16 bits per heavy atom. The van der Waals surface area contributed by atoms with Crippen molar-refractivity contribution in [2.24, 2.45) is 0 Å². The van der Waals surface area contributed by atoms with Crippen LogP contribution in [-0.2, 0) is 4.79 Å². The minimum atomic E-state index is -0.964.